The van der Waals surface area contributed by atoms with Crippen LogP contribution in [0, 0.1) is 112 Å². The molecule has 646 valence electrons. The summed E-state index contributed by atoms with van der Waals surface area (Å²) in [5.74, 6) is -0.233. The van der Waals surface area contributed by atoms with E-state index in [-0.39, 0.29) is 117 Å². The van der Waals surface area contributed by atoms with Gasteiger partial charge >= 0.3 is 23.9 Å². The quantitative estimate of drug-likeness (QED) is 0.0474. The van der Waals surface area contributed by atoms with Gasteiger partial charge in [0.25, 0.3) is 0 Å². The molecule has 0 spiro atoms. The van der Waals surface area contributed by atoms with Crippen molar-refractivity contribution >= 4 is 58.6 Å². The summed E-state index contributed by atoms with van der Waals surface area (Å²) < 4.78 is 17.0. The van der Waals surface area contributed by atoms with Gasteiger partial charge < -0.3 is 48.8 Å². The summed E-state index contributed by atoms with van der Waals surface area (Å²) in [6, 6.07) is 9.04. The Labute approximate surface area is 710 Å². The van der Waals surface area contributed by atoms with Gasteiger partial charge in [-0.15, -0.1) is 20.4 Å². The van der Waals surface area contributed by atoms with Gasteiger partial charge in [0.1, 0.15) is 30.1 Å². The highest BCUT2D eigenvalue weighted by atomic mass is 35.5. The number of aliphatic carboxylic acids is 2. The maximum absolute atomic E-state index is 15.1. The molecular weight excluding hydrogens is 1530 g/mol. The number of aliphatic hydroxyl groups is 2. The summed E-state index contributed by atoms with van der Waals surface area (Å²) in [5.41, 5.74) is -0.838. The monoisotopic (exact) mass is 1660 g/mol. The fourth-order valence-corrected chi connectivity index (χ4v) is 28.8. The summed E-state index contributed by atoms with van der Waals surface area (Å²) in [4.78, 5) is 93.0. The summed E-state index contributed by atoms with van der Waals surface area (Å²) >= 11 is 13.5. The lowest BCUT2D eigenvalue weighted by molar-refractivity contribution is -0.235. The van der Waals surface area contributed by atoms with Gasteiger partial charge in [-0.2, -0.15) is 0 Å². The first kappa shape index (κ1) is 88.1. The molecule has 118 heavy (non-hydrogen) atoms. The standard InChI is InChI=1S/C95H135Cl2N9O12/c1-53(2)72-62(107)48-94(40-38-90(14)58(74(72)94)24-28-66-88(12)34-32-68(117-70(109)50-84(5,6)82(113)114)85(7,8)64(88)30-36-92(66,90)16)76(111)80-101-99-78(105(80)44-42-103(18)19)55-22-26-60(97)56(46-55)47-87(11,83(115)116)51-71(110)118-69-33-35-89(13)65(86(69,9)10)31-37-93(17)67(89)29-25-59-75-73(54(3)4)63(108)49-95(75,41-39-91(59,93)15)77(112)81-102-100-79(106(81)45-43-104(20)21)61-27-23-57(96)52-98-61/h22-23,26-27,46,52-54,58-59,64-69,76-77,111-112H,24-25,28-45,47-51H2,1-21H3,(H,113,114)(H,115,116)/t58-,59-,64+,65+,66-,67-,68+,69+,76?,77+,87?,88+,89+,90-,91-,92-,93-,94-,95-/m1/s1. The van der Waals surface area contributed by atoms with Crippen molar-refractivity contribution in [3.05, 3.63) is 86.1 Å². The van der Waals surface area contributed by atoms with Crippen LogP contribution in [0.1, 0.15) is 276 Å². The largest absolute Gasteiger partial charge is 0.481 e. The van der Waals surface area contributed by atoms with E-state index in [1.165, 1.54) is 0 Å². The van der Waals surface area contributed by atoms with Crippen LogP contribution >= 0.6 is 23.2 Å². The number of pyridine rings is 1. The number of hydrogen-bond donors (Lipinski definition) is 4. The Balaban J connectivity index is 0.684. The number of ketones is 2. The summed E-state index contributed by atoms with van der Waals surface area (Å²) in [5, 5.41) is 68.3. The van der Waals surface area contributed by atoms with Crippen LogP contribution in [0.5, 0.6) is 0 Å². The van der Waals surface area contributed by atoms with Crippen molar-refractivity contribution in [3.8, 4) is 22.9 Å². The van der Waals surface area contributed by atoms with E-state index in [9.17, 15) is 44.4 Å². The third-order valence-corrected chi connectivity index (χ3v) is 35.7. The topological polar surface area (TPSA) is 283 Å². The second-order valence-corrected chi connectivity index (χ2v) is 44.5. The number of fused-ring (bicyclic) bond motifs is 14. The van der Waals surface area contributed by atoms with Crippen LogP contribution < -0.4 is 0 Å². The molecule has 4 aromatic rings. The molecule has 3 heterocycles. The Morgan fingerprint density at radius 1 is 0.542 bits per heavy atom. The van der Waals surface area contributed by atoms with Crippen molar-refractivity contribution in [2.45, 2.75) is 290 Å². The van der Waals surface area contributed by atoms with Crippen molar-refractivity contribution < 1.29 is 58.7 Å². The van der Waals surface area contributed by atoms with Crippen molar-refractivity contribution in [3.63, 3.8) is 0 Å². The predicted molar refractivity (Wildman–Crippen MR) is 454 cm³/mol. The van der Waals surface area contributed by atoms with E-state index in [4.69, 9.17) is 53.1 Å². The molecule has 19 atom stereocenters. The Morgan fingerprint density at radius 3 is 1.42 bits per heavy atom. The van der Waals surface area contributed by atoms with Crippen molar-refractivity contribution in [1.82, 2.24) is 44.3 Å². The lowest BCUT2D eigenvalue weighted by atomic mass is 9.33. The lowest BCUT2D eigenvalue weighted by Crippen LogP contribution is -2.66. The van der Waals surface area contributed by atoms with E-state index < -0.39 is 75.7 Å². The first-order valence-corrected chi connectivity index (χ1v) is 45.1. The van der Waals surface area contributed by atoms with Crippen molar-refractivity contribution in [1.29, 1.82) is 0 Å². The number of likely N-dealkylation sites (N-methyl/N-ethyl adjacent to an activating group) is 2. The zero-order chi connectivity index (χ0) is 86.1. The van der Waals surface area contributed by atoms with E-state index in [1.807, 2.05) is 55.5 Å². The molecule has 2 unspecified atom stereocenters. The van der Waals surface area contributed by atoms with Gasteiger partial charge in [-0.3, -0.25) is 33.8 Å². The first-order valence-electron chi connectivity index (χ1n) is 44.3. The summed E-state index contributed by atoms with van der Waals surface area (Å²) in [6.07, 6.45) is 11.3. The molecule has 1 aromatic carbocycles. The van der Waals surface area contributed by atoms with Crippen molar-refractivity contribution in [2.24, 2.45) is 112 Å². The molecule has 4 N–H and O–H groups in total. The average molecular weight is 1670 g/mol. The van der Waals surface area contributed by atoms with E-state index in [0.29, 0.717) is 114 Å². The van der Waals surface area contributed by atoms with E-state index in [1.54, 1.807) is 39.1 Å². The van der Waals surface area contributed by atoms with E-state index in [2.05, 4.69) is 112 Å². The second kappa shape index (κ2) is 30.6. The molecule has 8 saturated carbocycles. The Kier molecular flexibility index (Phi) is 22.9. The molecule has 8 fully saturated rings. The average Bonchev–Trinajstić information content (AvgIpc) is 1.02. The molecular formula is C95H135Cl2N9O12. The third-order valence-electron chi connectivity index (χ3n) is 35.1. The van der Waals surface area contributed by atoms with Crippen LogP contribution in [-0.4, -0.2) is 154 Å². The van der Waals surface area contributed by atoms with Crippen LogP contribution in [0.25, 0.3) is 22.9 Å². The van der Waals surface area contributed by atoms with Gasteiger partial charge in [-0.05, 0) is 296 Å². The number of allylic oxidation sites excluding steroid dienone is 2. The number of hydrogen-bond acceptors (Lipinski definition) is 17. The van der Waals surface area contributed by atoms with Gasteiger partial charge in [-0.25, -0.2) is 0 Å². The number of ether oxygens (including phenoxy) is 2. The van der Waals surface area contributed by atoms with Gasteiger partial charge in [0, 0.05) is 77.5 Å². The maximum Gasteiger partial charge on any atom is 0.310 e. The normalized spacial score (nSPS) is 35.2. The van der Waals surface area contributed by atoms with Gasteiger partial charge in [0.2, 0.25) is 0 Å². The van der Waals surface area contributed by atoms with Crippen molar-refractivity contribution in [2.75, 3.05) is 41.3 Å². The number of benzene rings is 1. The highest BCUT2D eigenvalue weighted by Crippen LogP contribution is 2.80. The number of carboxylic acid groups (broad SMARTS) is 2. The summed E-state index contributed by atoms with van der Waals surface area (Å²) in [7, 11) is 8.00. The van der Waals surface area contributed by atoms with Crippen LogP contribution in [0.15, 0.2) is 58.8 Å². The highest BCUT2D eigenvalue weighted by Gasteiger charge is 2.74. The number of nitrogens with zero attached hydrogens (tertiary/aromatic N) is 9. The molecule has 0 radical (unpaired) electrons. The Bertz CT molecular complexity index is 4710. The van der Waals surface area contributed by atoms with E-state index in [0.717, 1.165) is 99.3 Å². The number of carbonyl (C=O) groups is 6. The Hall–Kier alpha value is -6.23. The number of aliphatic hydroxyl groups excluding tert-OH is 2. The molecule has 3 aromatic heterocycles. The predicted octanol–water partition coefficient (Wildman–Crippen LogP) is 18.1. The fourth-order valence-electron chi connectivity index (χ4n) is 28.5. The maximum atomic E-state index is 15.1. The molecule has 14 rings (SSSR count). The third kappa shape index (κ3) is 13.7. The lowest BCUT2D eigenvalue weighted by Gasteiger charge is -2.72. The van der Waals surface area contributed by atoms with Crippen LogP contribution in [0.2, 0.25) is 10.0 Å². The SMILES string of the molecule is CC(C)C1=C2[C@H]3CC[C@@H]4[C@@]5(C)CC[C@H](OC(=O)CC(C)(C)C(=O)O)C(C)(C)[C@@H]5CC[C@@]4(C)[C@]3(C)CC[C@@]2(C(O)c2nnc(-c3ccc(Cl)c(CC(C)(CC(=O)O[C@H]4CC[C@]5(C)[C@H]6CC[C@@H]7C8=C(C(C)C)C(=O)C[C@]8([C@@H](O)c8nnc(-c9ccc(Cl)cn9)n8CCN(C)C)CC[C@@]7(C)[C@]6(C)CC[C@H]5C4(C)C)C(=O)O)c3)n2CCN(C)C)CC1=O. The molecule has 0 saturated heterocycles. The number of aromatic nitrogens is 7. The molecule has 23 heteroatoms. The minimum Gasteiger partial charge on any atom is -0.481 e. The second-order valence-electron chi connectivity index (χ2n) is 43.6. The molecule has 0 amide bonds. The minimum atomic E-state index is -1.65. The molecule has 10 aliphatic rings. The molecule has 21 nitrogen and oxygen atoms in total. The van der Waals surface area contributed by atoms with Gasteiger partial charge in [0.15, 0.2) is 34.9 Å². The number of Topliss-reactive ketones (excluding diaryl/α,β-unsaturated/α-hetero) is 2. The molecule has 10 aliphatic carbocycles. The van der Waals surface area contributed by atoms with Crippen LogP contribution in [0.3, 0.4) is 0 Å². The van der Waals surface area contributed by atoms with Crippen LogP contribution in [-0.2, 0) is 57.8 Å². The smallest absolute Gasteiger partial charge is 0.310 e. The van der Waals surface area contributed by atoms with Crippen LogP contribution in [0.4, 0.5) is 0 Å². The number of esters is 2. The summed E-state index contributed by atoms with van der Waals surface area (Å²) in [6.45, 7) is 39.3. The number of carboxylic acids is 2. The zero-order valence-corrected chi connectivity index (χ0v) is 75.9. The minimum absolute atomic E-state index is 0.00906. The number of rotatable bonds is 24. The number of halogens is 2. The molecule has 0 aliphatic heterocycles. The Morgan fingerprint density at radius 2 is 0.992 bits per heavy atom. The van der Waals surface area contributed by atoms with E-state index >= 15 is 4.79 Å². The van der Waals surface area contributed by atoms with Gasteiger partial charge in [-0.1, -0.05) is 120 Å². The van der Waals surface area contributed by atoms with Gasteiger partial charge in [0.05, 0.1) is 28.7 Å². The zero-order valence-electron chi connectivity index (χ0n) is 74.4. The highest BCUT2D eigenvalue weighted by molar-refractivity contribution is 6.31. The molecule has 0 bridgehead atoms. The number of carbonyl (C=O) groups excluding carboxylic acids is 4. The first-order chi connectivity index (χ1) is 55.0. The fraction of sp³-hybridized carbons (Fsp3) is 0.737.